The molecule has 5 heterocycles. The summed E-state index contributed by atoms with van der Waals surface area (Å²) in [5.41, 5.74) is 4.70. The highest BCUT2D eigenvalue weighted by atomic mass is 32.1. The van der Waals surface area contributed by atoms with Gasteiger partial charge in [0, 0.05) is 30.7 Å². The molecule has 0 unspecified atom stereocenters. The maximum Gasteiger partial charge on any atom is 0.170 e. The summed E-state index contributed by atoms with van der Waals surface area (Å²) in [4.78, 5) is 6.96. The lowest BCUT2D eigenvalue weighted by Crippen LogP contribution is -2.36. The fourth-order valence-corrected chi connectivity index (χ4v) is 5.19. The van der Waals surface area contributed by atoms with E-state index in [4.69, 9.17) is 21.4 Å². The number of furan rings is 1. The van der Waals surface area contributed by atoms with Crippen LogP contribution >= 0.6 is 12.2 Å². The molecule has 3 aromatic heterocycles. The minimum absolute atomic E-state index is 0.00679. The lowest BCUT2D eigenvalue weighted by atomic mass is 9.96. The van der Waals surface area contributed by atoms with Crippen molar-refractivity contribution in [3.8, 4) is 0 Å². The van der Waals surface area contributed by atoms with Gasteiger partial charge in [-0.15, -0.1) is 0 Å². The molecule has 0 bridgehead atoms. The molecular weight excluding hydrogens is 408 g/mol. The molecule has 2 aliphatic heterocycles. The summed E-state index contributed by atoms with van der Waals surface area (Å²) in [7, 11) is 0. The second-order valence-corrected chi connectivity index (χ2v) is 8.79. The van der Waals surface area contributed by atoms with Crippen LogP contribution in [-0.2, 0) is 11.3 Å². The van der Waals surface area contributed by atoms with Gasteiger partial charge in [-0.1, -0.05) is 6.07 Å². The van der Waals surface area contributed by atoms with Crippen molar-refractivity contribution in [3.63, 3.8) is 0 Å². The lowest BCUT2D eigenvalue weighted by molar-refractivity contribution is 0.0842. The summed E-state index contributed by atoms with van der Waals surface area (Å²) in [6, 6.07) is 12.4. The molecule has 6 nitrogen and oxygen atoms in total. The number of ether oxygens (including phenoxy) is 1. The third-order valence-corrected chi connectivity index (χ3v) is 6.80. The highest BCUT2D eigenvalue weighted by molar-refractivity contribution is 7.80. The first-order valence-electron chi connectivity index (χ1n) is 10.9. The number of thiocarbonyl (C=S) groups is 1. The third-order valence-electron chi connectivity index (χ3n) is 6.45. The van der Waals surface area contributed by atoms with Crippen molar-refractivity contribution in [1.82, 2.24) is 19.8 Å². The molecule has 5 rings (SSSR count). The SMILES string of the molecule is Cc1cc([C@@H]2[C@@H](c3ccccn3)NC(=S)N2C[C@H]2CCCO2)c(C)n1Cc1ccco1. The largest absolute Gasteiger partial charge is 0.467 e. The third kappa shape index (κ3) is 3.88. The minimum Gasteiger partial charge on any atom is -0.467 e. The molecule has 2 aliphatic rings. The van der Waals surface area contributed by atoms with Gasteiger partial charge in [0.05, 0.1) is 36.7 Å². The molecule has 0 aliphatic carbocycles. The fraction of sp³-hybridized carbons (Fsp3) is 0.417. The van der Waals surface area contributed by atoms with Crippen LogP contribution in [0.2, 0.25) is 0 Å². The van der Waals surface area contributed by atoms with Gasteiger partial charge < -0.3 is 23.9 Å². The van der Waals surface area contributed by atoms with Gasteiger partial charge >= 0.3 is 0 Å². The predicted molar refractivity (Wildman–Crippen MR) is 123 cm³/mol. The van der Waals surface area contributed by atoms with Crippen molar-refractivity contribution in [2.45, 2.75) is 51.4 Å². The number of hydrogen-bond donors (Lipinski definition) is 1. The maximum atomic E-state index is 5.96. The van der Waals surface area contributed by atoms with E-state index in [1.54, 1.807) is 6.26 Å². The van der Waals surface area contributed by atoms with Crippen LogP contribution in [0.3, 0.4) is 0 Å². The molecule has 2 saturated heterocycles. The van der Waals surface area contributed by atoms with E-state index >= 15 is 0 Å². The van der Waals surface area contributed by atoms with Crippen LogP contribution in [0.5, 0.6) is 0 Å². The number of nitrogens with zero attached hydrogens (tertiary/aromatic N) is 3. The average Bonchev–Trinajstić information content (AvgIpc) is 3.57. The molecule has 3 aromatic rings. The normalized spacial score (nSPS) is 23.5. The zero-order chi connectivity index (χ0) is 21.4. The summed E-state index contributed by atoms with van der Waals surface area (Å²) in [6.45, 7) is 6.69. The summed E-state index contributed by atoms with van der Waals surface area (Å²) in [6.07, 6.45) is 5.99. The standard InChI is InChI=1S/C24H28N4O2S/c1-16-13-20(17(2)27(16)14-18-7-5-11-29-18)23-22(21-9-3-4-10-25-21)26-24(31)28(23)15-19-8-6-12-30-19/h3-5,7,9-11,13,19,22-23H,6,8,12,14-15H2,1-2H3,(H,26,31)/t19-,22-,23-/m1/s1. The van der Waals surface area contributed by atoms with Gasteiger partial charge in [-0.2, -0.15) is 0 Å². The van der Waals surface area contributed by atoms with Crippen LogP contribution in [-0.4, -0.2) is 38.8 Å². The minimum atomic E-state index is -0.00679. The Bertz CT molecular complexity index is 1040. The zero-order valence-corrected chi connectivity index (χ0v) is 18.8. The molecule has 1 N–H and O–H groups in total. The Balaban J connectivity index is 1.53. The van der Waals surface area contributed by atoms with E-state index in [0.717, 1.165) is 49.1 Å². The number of aromatic nitrogens is 2. The second-order valence-electron chi connectivity index (χ2n) is 8.41. The first kappa shape index (κ1) is 20.3. The second kappa shape index (κ2) is 8.48. The molecule has 0 amide bonds. The molecule has 0 radical (unpaired) electrons. The quantitative estimate of drug-likeness (QED) is 0.582. The molecule has 31 heavy (non-hydrogen) atoms. The summed E-state index contributed by atoms with van der Waals surface area (Å²) < 4.78 is 13.9. The van der Waals surface area contributed by atoms with Crippen molar-refractivity contribution in [1.29, 1.82) is 0 Å². The molecule has 3 atom stereocenters. The topological polar surface area (TPSA) is 55.5 Å². The van der Waals surface area contributed by atoms with E-state index < -0.39 is 0 Å². The highest BCUT2D eigenvalue weighted by Crippen LogP contribution is 2.41. The van der Waals surface area contributed by atoms with Crippen molar-refractivity contribution in [3.05, 3.63) is 77.3 Å². The summed E-state index contributed by atoms with van der Waals surface area (Å²) in [5.74, 6) is 0.950. The average molecular weight is 437 g/mol. The number of pyridine rings is 1. The van der Waals surface area contributed by atoms with Gasteiger partial charge in [0.15, 0.2) is 5.11 Å². The zero-order valence-electron chi connectivity index (χ0n) is 18.0. The molecule has 162 valence electrons. The van der Waals surface area contributed by atoms with E-state index in [9.17, 15) is 0 Å². The molecule has 7 heteroatoms. The predicted octanol–water partition coefficient (Wildman–Crippen LogP) is 4.29. The molecular formula is C24H28N4O2S. The van der Waals surface area contributed by atoms with Crippen LogP contribution in [0, 0.1) is 13.8 Å². The van der Waals surface area contributed by atoms with E-state index in [0.29, 0.717) is 0 Å². The number of hydrogen-bond acceptors (Lipinski definition) is 4. The smallest absolute Gasteiger partial charge is 0.170 e. The fourth-order valence-electron chi connectivity index (χ4n) is 4.88. The van der Waals surface area contributed by atoms with Crippen LogP contribution in [0.4, 0.5) is 0 Å². The first-order valence-corrected chi connectivity index (χ1v) is 11.3. The van der Waals surface area contributed by atoms with Crippen LogP contribution < -0.4 is 5.32 Å². The van der Waals surface area contributed by atoms with Gasteiger partial charge in [-0.25, -0.2) is 0 Å². The monoisotopic (exact) mass is 436 g/mol. The molecule has 2 fully saturated rings. The number of nitrogens with one attached hydrogen (secondary N) is 1. The molecule has 0 saturated carbocycles. The van der Waals surface area contributed by atoms with Crippen molar-refractivity contribution < 1.29 is 9.15 Å². The maximum absolute atomic E-state index is 5.96. The number of rotatable bonds is 6. The Kier molecular flexibility index (Phi) is 5.54. The first-order chi connectivity index (χ1) is 15.1. The Morgan fingerprint density at radius 2 is 2.13 bits per heavy atom. The van der Waals surface area contributed by atoms with Crippen molar-refractivity contribution in [2.24, 2.45) is 0 Å². The Morgan fingerprint density at radius 1 is 1.23 bits per heavy atom. The molecule has 0 aromatic carbocycles. The van der Waals surface area contributed by atoms with Gasteiger partial charge in [-0.3, -0.25) is 4.98 Å². The van der Waals surface area contributed by atoms with Gasteiger partial charge in [0.1, 0.15) is 5.76 Å². The van der Waals surface area contributed by atoms with E-state index in [2.05, 4.69) is 45.7 Å². The van der Waals surface area contributed by atoms with Crippen molar-refractivity contribution in [2.75, 3.05) is 13.2 Å². The summed E-state index contributed by atoms with van der Waals surface area (Å²) in [5, 5.41) is 4.33. The van der Waals surface area contributed by atoms with Gasteiger partial charge in [0.25, 0.3) is 0 Å². The van der Waals surface area contributed by atoms with E-state index in [-0.39, 0.29) is 18.2 Å². The Morgan fingerprint density at radius 3 is 2.84 bits per heavy atom. The summed E-state index contributed by atoms with van der Waals surface area (Å²) >= 11 is 5.82. The van der Waals surface area contributed by atoms with Gasteiger partial charge in [-0.05, 0) is 74.8 Å². The Hall–Kier alpha value is -2.64. The number of aryl methyl sites for hydroxylation is 1. The van der Waals surface area contributed by atoms with E-state index in [1.165, 1.54) is 17.0 Å². The van der Waals surface area contributed by atoms with E-state index in [1.807, 2.05) is 30.5 Å². The van der Waals surface area contributed by atoms with Crippen LogP contribution in [0.15, 0.2) is 53.3 Å². The van der Waals surface area contributed by atoms with Crippen molar-refractivity contribution >= 4 is 17.3 Å². The molecule has 0 spiro atoms. The lowest BCUT2D eigenvalue weighted by Gasteiger charge is -2.30. The van der Waals surface area contributed by atoms with Crippen LogP contribution in [0.1, 0.15) is 53.3 Å². The van der Waals surface area contributed by atoms with Gasteiger partial charge in [0.2, 0.25) is 0 Å². The highest BCUT2D eigenvalue weighted by Gasteiger charge is 2.42. The van der Waals surface area contributed by atoms with Crippen LogP contribution in [0.25, 0.3) is 0 Å². The Labute approximate surface area is 188 Å².